The van der Waals surface area contributed by atoms with E-state index in [0.29, 0.717) is 19.5 Å². The second kappa shape index (κ2) is 4.00. The highest BCUT2D eigenvalue weighted by Gasteiger charge is 2.13. The summed E-state index contributed by atoms with van der Waals surface area (Å²) < 4.78 is 3.27. The molecule has 0 aliphatic heterocycles. The van der Waals surface area contributed by atoms with Crippen molar-refractivity contribution in [2.75, 3.05) is 0 Å². The van der Waals surface area contributed by atoms with Crippen molar-refractivity contribution < 1.29 is 5.11 Å². The molecule has 0 aromatic carbocycles. The van der Waals surface area contributed by atoms with Crippen LogP contribution in [0.25, 0.3) is 0 Å². The van der Waals surface area contributed by atoms with E-state index in [-0.39, 0.29) is 5.69 Å². The predicted molar refractivity (Wildman–Crippen MR) is 55.3 cm³/mol. The molecular weight excluding hydrogens is 180 g/mol. The van der Waals surface area contributed by atoms with Crippen LogP contribution in [0.4, 0.5) is 0 Å². The first-order chi connectivity index (χ1) is 6.44. The van der Waals surface area contributed by atoms with Crippen molar-refractivity contribution in [2.45, 2.75) is 45.9 Å². The van der Waals surface area contributed by atoms with Gasteiger partial charge in [0.1, 0.15) is 0 Å². The number of aryl methyl sites for hydroxylation is 2. The Kier molecular flexibility index (Phi) is 3.16. The third-order valence-electron chi connectivity index (χ3n) is 2.22. The lowest BCUT2D eigenvalue weighted by atomic mass is 10.1. The minimum absolute atomic E-state index is 0.00301. The summed E-state index contributed by atoms with van der Waals surface area (Å²) in [5, 5.41) is 9.51. The second-order valence-corrected chi connectivity index (χ2v) is 4.12. The molecule has 0 radical (unpaired) electrons. The molecule has 1 N–H and O–H groups in total. The van der Waals surface area contributed by atoms with Crippen LogP contribution >= 0.6 is 0 Å². The highest BCUT2D eigenvalue weighted by atomic mass is 16.3. The smallest absolute Gasteiger partial charge is 0.328 e. The summed E-state index contributed by atoms with van der Waals surface area (Å²) in [6.45, 7) is 6.68. The lowest BCUT2D eigenvalue weighted by molar-refractivity contribution is 0.0659. The fourth-order valence-corrected chi connectivity index (χ4v) is 1.26. The Morgan fingerprint density at radius 1 is 1.36 bits per heavy atom. The summed E-state index contributed by atoms with van der Waals surface area (Å²) in [7, 11) is 0. The Labute approximate surface area is 83.8 Å². The van der Waals surface area contributed by atoms with Crippen molar-refractivity contribution in [3.05, 3.63) is 22.9 Å². The van der Waals surface area contributed by atoms with E-state index >= 15 is 0 Å². The van der Waals surface area contributed by atoms with Gasteiger partial charge in [-0.25, -0.2) is 4.79 Å². The van der Waals surface area contributed by atoms with Crippen LogP contribution in [0, 0.1) is 0 Å². The van der Waals surface area contributed by atoms with Crippen LogP contribution in [0.15, 0.2) is 17.2 Å². The van der Waals surface area contributed by atoms with E-state index in [0.717, 1.165) is 0 Å². The number of aliphatic hydroxyl groups is 1. The maximum atomic E-state index is 11.6. The Hall–Kier alpha value is -1.03. The molecular formula is C10H18N2O2. The molecule has 4 nitrogen and oxygen atoms in total. The molecule has 0 saturated heterocycles. The van der Waals surface area contributed by atoms with E-state index in [1.165, 1.54) is 0 Å². The highest BCUT2D eigenvalue weighted by molar-refractivity contribution is 4.81. The van der Waals surface area contributed by atoms with Crippen LogP contribution in [0.2, 0.25) is 0 Å². The van der Waals surface area contributed by atoms with Crippen LogP contribution in [0.5, 0.6) is 0 Å². The molecule has 4 heteroatoms. The molecule has 0 atom stereocenters. The van der Waals surface area contributed by atoms with Gasteiger partial charge in [-0.3, -0.25) is 9.13 Å². The van der Waals surface area contributed by atoms with Crippen molar-refractivity contribution >= 4 is 0 Å². The number of nitrogens with zero attached hydrogens (tertiary/aromatic N) is 2. The fourth-order valence-electron chi connectivity index (χ4n) is 1.26. The zero-order valence-electron chi connectivity index (χ0n) is 9.03. The van der Waals surface area contributed by atoms with Crippen molar-refractivity contribution in [1.29, 1.82) is 0 Å². The largest absolute Gasteiger partial charge is 0.390 e. The maximum Gasteiger partial charge on any atom is 0.328 e. The molecule has 1 aromatic heterocycles. The Morgan fingerprint density at radius 2 is 1.93 bits per heavy atom. The first kappa shape index (κ1) is 11.0. The standard InChI is InChI=1S/C10H18N2O2/c1-4-11-7-8-12(9(11)13)6-5-10(2,3)14/h7-8,14H,4-6H2,1-3H3. The van der Waals surface area contributed by atoms with Crippen LogP contribution in [0.3, 0.4) is 0 Å². The lowest BCUT2D eigenvalue weighted by Gasteiger charge is -2.16. The van der Waals surface area contributed by atoms with Crippen LogP contribution < -0.4 is 5.69 Å². The summed E-state index contributed by atoms with van der Waals surface area (Å²) in [4.78, 5) is 11.6. The van der Waals surface area contributed by atoms with Crippen LogP contribution in [0.1, 0.15) is 27.2 Å². The Bertz CT molecular complexity index is 344. The maximum absolute atomic E-state index is 11.6. The predicted octanol–water partition coefficient (Wildman–Crippen LogP) is 0.831. The summed E-state index contributed by atoms with van der Waals surface area (Å²) in [5.41, 5.74) is -0.718. The number of aromatic nitrogens is 2. The molecule has 0 spiro atoms. The van der Waals surface area contributed by atoms with Crippen molar-refractivity contribution in [1.82, 2.24) is 9.13 Å². The summed E-state index contributed by atoms with van der Waals surface area (Å²) >= 11 is 0. The van der Waals surface area contributed by atoms with E-state index in [4.69, 9.17) is 0 Å². The molecule has 1 aromatic rings. The minimum Gasteiger partial charge on any atom is -0.390 e. The summed E-state index contributed by atoms with van der Waals surface area (Å²) in [6, 6.07) is 0. The van der Waals surface area contributed by atoms with Gasteiger partial charge < -0.3 is 5.11 Å². The highest BCUT2D eigenvalue weighted by Crippen LogP contribution is 2.07. The normalized spacial score (nSPS) is 12.0. The van der Waals surface area contributed by atoms with Gasteiger partial charge in [0.25, 0.3) is 0 Å². The van der Waals surface area contributed by atoms with Gasteiger partial charge in [-0.05, 0) is 27.2 Å². The first-order valence-electron chi connectivity index (χ1n) is 4.92. The molecule has 80 valence electrons. The van der Waals surface area contributed by atoms with Gasteiger partial charge in [-0.1, -0.05) is 0 Å². The minimum atomic E-state index is -0.715. The topological polar surface area (TPSA) is 47.2 Å². The monoisotopic (exact) mass is 198 g/mol. The second-order valence-electron chi connectivity index (χ2n) is 4.12. The van der Waals surface area contributed by atoms with E-state index in [9.17, 15) is 9.90 Å². The number of imidazole rings is 1. The van der Waals surface area contributed by atoms with Gasteiger partial charge in [-0.2, -0.15) is 0 Å². The van der Waals surface area contributed by atoms with Gasteiger partial charge in [0.05, 0.1) is 5.60 Å². The van der Waals surface area contributed by atoms with Gasteiger partial charge in [0.2, 0.25) is 0 Å². The fraction of sp³-hybridized carbons (Fsp3) is 0.700. The summed E-state index contributed by atoms with van der Waals surface area (Å²) in [5.74, 6) is 0. The molecule has 1 heterocycles. The van der Waals surface area contributed by atoms with Gasteiger partial charge in [-0.15, -0.1) is 0 Å². The van der Waals surface area contributed by atoms with E-state index in [1.807, 2.05) is 6.92 Å². The van der Waals surface area contributed by atoms with Crippen molar-refractivity contribution in [3.63, 3.8) is 0 Å². The Morgan fingerprint density at radius 3 is 2.36 bits per heavy atom. The van der Waals surface area contributed by atoms with Crippen LogP contribution in [-0.2, 0) is 13.1 Å². The van der Waals surface area contributed by atoms with Crippen molar-refractivity contribution in [2.24, 2.45) is 0 Å². The zero-order valence-corrected chi connectivity index (χ0v) is 9.03. The molecule has 0 fully saturated rings. The van der Waals surface area contributed by atoms with Gasteiger partial charge in [0.15, 0.2) is 0 Å². The molecule has 0 aliphatic rings. The van der Waals surface area contributed by atoms with Crippen molar-refractivity contribution in [3.8, 4) is 0 Å². The number of rotatable bonds is 4. The Balaban J connectivity index is 2.69. The SMILES string of the molecule is CCn1ccn(CCC(C)(C)O)c1=O. The molecule has 0 aliphatic carbocycles. The first-order valence-corrected chi connectivity index (χ1v) is 4.92. The summed E-state index contributed by atoms with van der Waals surface area (Å²) in [6.07, 6.45) is 4.12. The lowest BCUT2D eigenvalue weighted by Crippen LogP contribution is -2.27. The number of hydrogen-bond donors (Lipinski definition) is 1. The van der Waals surface area contributed by atoms with E-state index in [2.05, 4.69) is 0 Å². The third-order valence-corrected chi connectivity index (χ3v) is 2.22. The quantitative estimate of drug-likeness (QED) is 0.779. The van der Waals surface area contributed by atoms with E-state index < -0.39 is 5.60 Å². The van der Waals surface area contributed by atoms with Gasteiger partial charge in [0, 0.05) is 25.5 Å². The molecule has 0 bridgehead atoms. The van der Waals surface area contributed by atoms with Crippen LogP contribution in [-0.4, -0.2) is 19.8 Å². The molecule has 14 heavy (non-hydrogen) atoms. The average Bonchev–Trinajstić information content (AvgIpc) is 2.42. The third kappa shape index (κ3) is 2.73. The molecule has 1 rings (SSSR count). The van der Waals surface area contributed by atoms with E-state index in [1.54, 1.807) is 35.4 Å². The number of hydrogen-bond acceptors (Lipinski definition) is 2. The molecule has 0 saturated carbocycles. The average molecular weight is 198 g/mol. The molecule has 0 unspecified atom stereocenters. The van der Waals surface area contributed by atoms with Gasteiger partial charge >= 0.3 is 5.69 Å². The molecule has 0 amide bonds. The zero-order chi connectivity index (χ0) is 10.8.